The maximum absolute atomic E-state index is 12.7. The van der Waals surface area contributed by atoms with E-state index < -0.39 is 0 Å². The first-order valence-electron chi connectivity index (χ1n) is 8.86. The second-order valence-corrected chi connectivity index (χ2v) is 6.11. The molecule has 2 aromatic rings. The Morgan fingerprint density at radius 3 is 2.35 bits per heavy atom. The third-order valence-electron chi connectivity index (χ3n) is 4.04. The molecule has 0 fully saturated rings. The number of anilines is 1. The second-order valence-electron chi connectivity index (χ2n) is 6.11. The summed E-state index contributed by atoms with van der Waals surface area (Å²) in [6.07, 6.45) is 5.76. The lowest BCUT2D eigenvalue weighted by molar-refractivity contribution is -0.119. The molecule has 0 saturated carbocycles. The Morgan fingerprint density at radius 1 is 1.04 bits per heavy atom. The third-order valence-corrected chi connectivity index (χ3v) is 4.04. The van der Waals surface area contributed by atoms with Crippen molar-refractivity contribution in [3.05, 3.63) is 59.9 Å². The molecule has 2 rings (SSSR count). The van der Waals surface area contributed by atoms with Gasteiger partial charge in [0.05, 0.1) is 6.42 Å². The number of nitrogens with one attached hydrogen (secondary N) is 2. The van der Waals surface area contributed by atoms with E-state index in [0.29, 0.717) is 25.2 Å². The van der Waals surface area contributed by atoms with Crippen LogP contribution in [0.1, 0.15) is 30.9 Å². The Bertz CT molecular complexity index is 702. The highest BCUT2D eigenvalue weighted by atomic mass is 16.2. The molecule has 2 N–H and O–H groups in total. The SMILES string of the molecule is CCCCN(Cc1ccncc1)C(=O)Nc1ccc(CC(=O)NC)cc1. The Kier molecular flexibility index (Phi) is 7.61. The molecule has 3 amide bonds. The first-order chi connectivity index (χ1) is 12.6. The molecule has 0 bridgehead atoms. The molecule has 0 spiro atoms. The fraction of sp³-hybridized carbons (Fsp3) is 0.350. The van der Waals surface area contributed by atoms with Crippen LogP contribution in [0.15, 0.2) is 48.8 Å². The quantitative estimate of drug-likeness (QED) is 0.764. The van der Waals surface area contributed by atoms with Gasteiger partial charge in [0.1, 0.15) is 0 Å². The van der Waals surface area contributed by atoms with Crippen molar-refractivity contribution in [1.29, 1.82) is 0 Å². The van der Waals surface area contributed by atoms with Gasteiger partial charge < -0.3 is 15.5 Å². The van der Waals surface area contributed by atoms with Crippen molar-refractivity contribution in [1.82, 2.24) is 15.2 Å². The second kappa shape index (κ2) is 10.2. The van der Waals surface area contributed by atoms with E-state index >= 15 is 0 Å². The lowest BCUT2D eigenvalue weighted by atomic mass is 10.1. The van der Waals surface area contributed by atoms with Crippen LogP contribution < -0.4 is 10.6 Å². The van der Waals surface area contributed by atoms with Crippen LogP contribution in [0.3, 0.4) is 0 Å². The normalized spacial score (nSPS) is 10.2. The average Bonchev–Trinajstić information content (AvgIpc) is 2.67. The number of hydrogen-bond donors (Lipinski definition) is 2. The lowest BCUT2D eigenvalue weighted by Crippen LogP contribution is -2.35. The van der Waals surface area contributed by atoms with Crippen LogP contribution in [0.4, 0.5) is 10.5 Å². The molecular formula is C20H26N4O2. The van der Waals surface area contributed by atoms with E-state index in [-0.39, 0.29) is 11.9 Å². The van der Waals surface area contributed by atoms with E-state index in [1.165, 1.54) is 0 Å². The Balaban J connectivity index is 2.00. The van der Waals surface area contributed by atoms with Crippen molar-refractivity contribution in [2.45, 2.75) is 32.7 Å². The van der Waals surface area contributed by atoms with Gasteiger partial charge in [0.15, 0.2) is 0 Å². The van der Waals surface area contributed by atoms with Gasteiger partial charge in [-0.2, -0.15) is 0 Å². The molecule has 0 aliphatic carbocycles. The van der Waals surface area contributed by atoms with Crippen molar-refractivity contribution in [2.24, 2.45) is 0 Å². The first-order valence-corrected chi connectivity index (χ1v) is 8.86. The van der Waals surface area contributed by atoms with Gasteiger partial charge in [0.2, 0.25) is 5.91 Å². The molecule has 0 unspecified atom stereocenters. The van der Waals surface area contributed by atoms with Gasteiger partial charge in [0, 0.05) is 38.2 Å². The Morgan fingerprint density at radius 2 is 1.73 bits per heavy atom. The van der Waals surface area contributed by atoms with E-state index in [1.54, 1.807) is 24.3 Å². The topological polar surface area (TPSA) is 74.3 Å². The summed E-state index contributed by atoms with van der Waals surface area (Å²) < 4.78 is 0. The summed E-state index contributed by atoms with van der Waals surface area (Å²) in [6.45, 7) is 3.34. The van der Waals surface area contributed by atoms with E-state index in [9.17, 15) is 9.59 Å². The van der Waals surface area contributed by atoms with Crippen LogP contribution in [0.25, 0.3) is 0 Å². The van der Waals surface area contributed by atoms with Crippen LogP contribution in [-0.2, 0) is 17.8 Å². The highest BCUT2D eigenvalue weighted by Gasteiger charge is 2.14. The summed E-state index contributed by atoms with van der Waals surface area (Å²) in [4.78, 5) is 29.9. The van der Waals surface area contributed by atoms with Crippen LogP contribution in [0, 0.1) is 0 Å². The summed E-state index contributed by atoms with van der Waals surface area (Å²) >= 11 is 0. The number of likely N-dealkylation sites (N-methyl/N-ethyl adjacent to an activating group) is 1. The van der Waals surface area contributed by atoms with Crippen molar-refractivity contribution in [3.63, 3.8) is 0 Å². The summed E-state index contributed by atoms with van der Waals surface area (Å²) in [7, 11) is 1.62. The predicted octanol–water partition coefficient (Wildman–Crippen LogP) is 3.20. The summed E-state index contributed by atoms with van der Waals surface area (Å²) in [6, 6.07) is 11.0. The number of nitrogens with zero attached hydrogens (tertiary/aromatic N) is 2. The molecule has 138 valence electrons. The maximum Gasteiger partial charge on any atom is 0.322 e. The molecule has 0 aliphatic rings. The number of amides is 3. The number of unbranched alkanes of at least 4 members (excludes halogenated alkanes) is 1. The smallest absolute Gasteiger partial charge is 0.322 e. The van der Waals surface area contributed by atoms with Crippen LogP contribution >= 0.6 is 0 Å². The first kappa shape index (κ1) is 19.4. The number of rotatable bonds is 8. The number of carbonyl (C=O) groups excluding carboxylic acids is 2. The van der Waals surface area contributed by atoms with Crippen LogP contribution in [0.5, 0.6) is 0 Å². The van der Waals surface area contributed by atoms with Crippen LogP contribution in [-0.4, -0.2) is 35.4 Å². The number of benzene rings is 1. The van der Waals surface area contributed by atoms with E-state index in [2.05, 4.69) is 22.5 Å². The molecule has 1 heterocycles. The minimum atomic E-state index is -0.130. The third kappa shape index (κ3) is 6.20. The monoisotopic (exact) mass is 354 g/mol. The standard InChI is InChI=1S/C20H26N4O2/c1-3-4-13-24(15-17-9-11-22-12-10-17)20(26)23-18-7-5-16(6-8-18)14-19(25)21-2/h5-12H,3-4,13-15H2,1-2H3,(H,21,25)(H,23,26). The fourth-order valence-corrected chi connectivity index (χ4v) is 2.49. The largest absolute Gasteiger partial charge is 0.359 e. The summed E-state index contributed by atoms with van der Waals surface area (Å²) in [5.41, 5.74) is 2.67. The number of urea groups is 1. The molecule has 1 aromatic heterocycles. The van der Waals surface area contributed by atoms with Crippen molar-refractivity contribution in [2.75, 3.05) is 18.9 Å². The van der Waals surface area contributed by atoms with Crippen LogP contribution in [0.2, 0.25) is 0 Å². The van der Waals surface area contributed by atoms with Gasteiger partial charge in [-0.15, -0.1) is 0 Å². The average molecular weight is 354 g/mol. The Labute approximate surface area is 154 Å². The lowest BCUT2D eigenvalue weighted by Gasteiger charge is -2.23. The zero-order chi connectivity index (χ0) is 18.8. The fourth-order valence-electron chi connectivity index (χ4n) is 2.49. The van der Waals surface area contributed by atoms with Crippen molar-refractivity contribution in [3.8, 4) is 0 Å². The van der Waals surface area contributed by atoms with Gasteiger partial charge in [0.25, 0.3) is 0 Å². The number of aromatic nitrogens is 1. The minimum absolute atomic E-state index is 0.0372. The predicted molar refractivity (Wildman–Crippen MR) is 103 cm³/mol. The molecule has 6 nitrogen and oxygen atoms in total. The molecule has 0 radical (unpaired) electrons. The number of carbonyl (C=O) groups is 2. The van der Waals surface area contributed by atoms with Gasteiger partial charge in [-0.05, 0) is 41.8 Å². The zero-order valence-electron chi connectivity index (χ0n) is 15.4. The van der Waals surface area contributed by atoms with Crippen molar-refractivity contribution < 1.29 is 9.59 Å². The van der Waals surface area contributed by atoms with E-state index in [4.69, 9.17) is 0 Å². The van der Waals surface area contributed by atoms with Gasteiger partial charge in [-0.1, -0.05) is 25.5 Å². The summed E-state index contributed by atoms with van der Waals surface area (Å²) in [5, 5.41) is 5.53. The molecule has 0 aliphatic heterocycles. The number of pyridine rings is 1. The zero-order valence-corrected chi connectivity index (χ0v) is 15.4. The molecule has 1 aromatic carbocycles. The molecule has 26 heavy (non-hydrogen) atoms. The highest BCUT2D eigenvalue weighted by molar-refractivity contribution is 5.89. The highest BCUT2D eigenvalue weighted by Crippen LogP contribution is 2.13. The maximum atomic E-state index is 12.7. The minimum Gasteiger partial charge on any atom is -0.359 e. The van der Waals surface area contributed by atoms with E-state index in [1.807, 2.05) is 36.4 Å². The van der Waals surface area contributed by atoms with E-state index in [0.717, 1.165) is 24.0 Å². The molecule has 0 saturated heterocycles. The summed E-state index contributed by atoms with van der Waals surface area (Å²) in [5.74, 6) is -0.0372. The van der Waals surface area contributed by atoms with Gasteiger partial charge in [-0.25, -0.2) is 4.79 Å². The molecule has 0 atom stereocenters. The molecule has 6 heteroatoms. The Hall–Kier alpha value is -2.89. The van der Waals surface area contributed by atoms with Crippen molar-refractivity contribution >= 4 is 17.6 Å². The molecular weight excluding hydrogens is 328 g/mol. The number of hydrogen-bond acceptors (Lipinski definition) is 3. The van der Waals surface area contributed by atoms with Gasteiger partial charge in [-0.3, -0.25) is 9.78 Å². The van der Waals surface area contributed by atoms with Gasteiger partial charge >= 0.3 is 6.03 Å².